The summed E-state index contributed by atoms with van der Waals surface area (Å²) in [6, 6.07) is 0. The van der Waals surface area contributed by atoms with E-state index in [4.69, 9.17) is 4.74 Å². The number of fused-ring (bicyclic) bond motifs is 3. The Kier molecular flexibility index (Phi) is 5.99. The molecule has 0 unspecified atom stereocenters. The van der Waals surface area contributed by atoms with Crippen LogP contribution in [0.5, 0.6) is 0 Å². The molecule has 4 rings (SSSR count). The Morgan fingerprint density at radius 2 is 2.07 bits per heavy atom. The van der Waals surface area contributed by atoms with Gasteiger partial charge in [-0.1, -0.05) is 11.8 Å². The van der Waals surface area contributed by atoms with Gasteiger partial charge in [0, 0.05) is 9.75 Å². The van der Waals surface area contributed by atoms with Crippen LogP contribution in [0.4, 0.5) is 5.00 Å². The number of carbonyl (C=O) groups excluding carboxylic acids is 2. The monoisotopic (exact) mass is 463 g/mol. The number of H-pyrrole nitrogens is 1. The lowest BCUT2D eigenvalue weighted by molar-refractivity contribution is -0.113. The maximum atomic E-state index is 12.5. The van der Waals surface area contributed by atoms with E-state index in [9.17, 15) is 14.4 Å². The van der Waals surface area contributed by atoms with Gasteiger partial charge in [0.25, 0.3) is 5.56 Å². The summed E-state index contributed by atoms with van der Waals surface area (Å²) in [5, 5.41) is 4.41. The minimum atomic E-state index is -0.440. The summed E-state index contributed by atoms with van der Waals surface area (Å²) in [6.07, 6.45) is 3.02. The van der Waals surface area contributed by atoms with E-state index in [1.807, 2.05) is 13.8 Å². The molecule has 0 spiro atoms. The molecule has 1 aliphatic carbocycles. The molecule has 158 valence electrons. The van der Waals surface area contributed by atoms with Crippen molar-refractivity contribution in [2.75, 3.05) is 17.7 Å². The van der Waals surface area contributed by atoms with E-state index in [1.54, 1.807) is 18.3 Å². The summed E-state index contributed by atoms with van der Waals surface area (Å²) in [7, 11) is 0. The van der Waals surface area contributed by atoms with Gasteiger partial charge in [0.2, 0.25) is 5.91 Å². The number of nitrogens with zero attached hydrogens (tertiary/aromatic N) is 1. The third-order valence-corrected chi connectivity index (χ3v) is 8.19. The van der Waals surface area contributed by atoms with Crippen molar-refractivity contribution in [3.63, 3.8) is 0 Å². The van der Waals surface area contributed by atoms with Crippen molar-refractivity contribution < 1.29 is 14.3 Å². The average Bonchev–Trinajstić information content (AvgIpc) is 3.34. The number of carbonyl (C=O) groups is 2. The van der Waals surface area contributed by atoms with Crippen LogP contribution in [0.15, 0.2) is 9.95 Å². The summed E-state index contributed by atoms with van der Waals surface area (Å²) in [6.45, 7) is 5.75. The number of thioether (sulfide) groups is 1. The molecule has 0 radical (unpaired) electrons. The summed E-state index contributed by atoms with van der Waals surface area (Å²) in [4.78, 5) is 47.6. The van der Waals surface area contributed by atoms with Crippen molar-refractivity contribution in [1.29, 1.82) is 0 Å². The highest BCUT2D eigenvalue weighted by Crippen LogP contribution is 2.35. The van der Waals surface area contributed by atoms with Crippen molar-refractivity contribution in [3.05, 3.63) is 36.8 Å². The highest BCUT2D eigenvalue weighted by molar-refractivity contribution is 7.99. The fraction of sp³-hybridized carbons (Fsp3) is 0.400. The molecule has 0 saturated heterocycles. The molecule has 30 heavy (non-hydrogen) atoms. The first kappa shape index (κ1) is 21.1. The second kappa shape index (κ2) is 8.52. The molecule has 0 aliphatic heterocycles. The number of thiophene rings is 2. The van der Waals surface area contributed by atoms with Gasteiger partial charge in [-0.25, -0.2) is 9.78 Å². The highest BCUT2D eigenvalue weighted by Gasteiger charge is 2.23. The van der Waals surface area contributed by atoms with E-state index >= 15 is 0 Å². The first-order chi connectivity index (χ1) is 14.4. The second-order valence-corrected chi connectivity index (χ2v) is 10.2. The van der Waals surface area contributed by atoms with Crippen molar-refractivity contribution in [1.82, 2.24) is 9.97 Å². The molecule has 3 aromatic rings. The number of aromatic amines is 1. The Bertz CT molecular complexity index is 1210. The molecule has 0 aromatic carbocycles. The predicted molar refractivity (Wildman–Crippen MR) is 121 cm³/mol. The van der Waals surface area contributed by atoms with Gasteiger partial charge in [0.15, 0.2) is 5.16 Å². The maximum absolute atomic E-state index is 12.5. The molecule has 3 heterocycles. The van der Waals surface area contributed by atoms with Crippen LogP contribution in [0.25, 0.3) is 10.2 Å². The molecule has 2 N–H and O–H groups in total. The topological polar surface area (TPSA) is 101 Å². The standard InChI is InChI=1S/C20H21N3O4S3/c1-4-27-19(26)14-9(2)10(3)29-17(14)21-13(24)8-28-20-22-16(25)15-11-6-5-7-12(11)30-18(15)23-20/h4-8H2,1-3H3,(H,21,24)(H,22,23,25). The number of amides is 1. The number of aryl methyl sites for hydroxylation is 3. The van der Waals surface area contributed by atoms with Crippen molar-refractivity contribution >= 4 is 61.5 Å². The Hall–Kier alpha value is -2.17. The Balaban J connectivity index is 1.48. The maximum Gasteiger partial charge on any atom is 0.341 e. The van der Waals surface area contributed by atoms with Crippen LogP contribution in [0.1, 0.15) is 44.6 Å². The fourth-order valence-electron chi connectivity index (χ4n) is 3.51. The van der Waals surface area contributed by atoms with Crippen LogP contribution in [-0.2, 0) is 22.4 Å². The number of rotatable bonds is 6. The first-order valence-electron chi connectivity index (χ1n) is 9.63. The lowest BCUT2D eigenvalue weighted by Crippen LogP contribution is -2.17. The zero-order valence-electron chi connectivity index (χ0n) is 16.8. The van der Waals surface area contributed by atoms with Crippen LogP contribution < -0.4 is 10.9 Å². The number of anilines is 1. The largest absolute Gasteiger partial charge is 0.462 e. The van der Waals surface area contributed by atoms with Crippen LogP contribution in [0.2, 0.25) is 0 Å². The number of esters is 1. The Morgan fingerprint density at radius 1 is 1.27 bits per heavy atom. The highest BCUT2D eigenvalue weighted by atomic mass is 32.2. The molecule has 0 atom stereocenters. The molecule has 0 saturated carbocycles. The molecule has 1 amide bonds. The lowest BCUT2D eigenvalue weighted by Gasteiger charge is -2.07. The molecule has 3 aromatic heterocycles. The fourth-order valence-corrected chi connectivity index (χ4v) is 6.56. The molecular weight excluding hydrogens is 442 g/mol. The number of nitrogens with one attached hydrogen (secondary N) is 2. The molecule has 10 heteroatoms. The number of ether oxygens (including phenoxy) is 1. The molecular formula is C20H21N3O4S3. The Labute approximate surface area is 185 Å². The van der Waals surface area contributed by atoms with Gasteiger partial charge in [-0.3, -0.25) is 9.59 Å². The molecule has 1 aliphatic rings. The van der Waals surface area contributed by atoms with Crippen molar-refractivity contribution in [2.45, 2.75) is 45.2 Å². The predicted octanol–water partition coefficient (Wildman–Crippen LogP) is 4.06. The van der Waals surface area contributed by atoms with Gasteiger partial charge >= 0.3 is 5.97 Å². The van der Waals surface area contributed by atoms with Crippen molar-refractivity contribution in [2.24, 2.45) is 0 Å². The quantitative estimate of drug-likeness (QED) is 0.325. The smallest absolute Gasteiger partial charge is 0.341 e. The van der Waals surface area contributed by atoms with Crippen LogP contribution in [-0.4, -0.2) is 34.2 Å². The van der Waals surface area contributed by atoms with E-state index in [0.717, 1.165) is 40.1 Å². The summed E-state index contributed by atoms with van der Waals surface area (Å²) < 4.78 is 5.12. The van der Waals surface area contributed by atoms with Gasteiger partial charge in [0.1, 0.15) is 9.83 Å². The average molecular weight is 464 g/mol. The van der Waals surface area contributed by atoms with E-state index in [0.29, 0.717) is 21.1 Å². The minimum Gasteiger partial charge on any atom is -0.462 e. The first-order valence-corrected chi connectivity index (χ1v) is 12.2. The zero-order valence-corrected chi connectivity index (χ0v) is 19.3. The van der Waals surface area contributed by atoms with E-state index in [1.165, 1.54) is 28.0 Å². The summed E-state index contributed by atoms with van der Waals surface area (Å²) in [5.74, 6) is -0.648. The van der Waals surface area contributed by atoms with E-state index in [-0.39, 0.29) is 23.8 Å². The van der Waals surface area contributed by atoms with Gasteiger partial charge in [-0.05, 0) is 51.2 Å². The van der Waals surface area contributed by atoms with Crippen molar-refractivity contribution in [3.8, 4) is 0 Å². The second-order valence-electron chi connectivity index (χ2n) is 6.95. The minimum absolute atomic E-state index is 0.0673. The summed E-state index contributed by atoms with van der Waals surface area (Å²) in [5.41, 5.74) is 2.20. The van der Waals surface area contributed by atoms with Gasteiger partial charge in [-0.15, -0.1) is 22.7 Å². The van der Waals surface area contributed by atoms with E-state index < -0.39 is 5.97 Å². The molecule has 0 bridgehead atoms. The molecule has 7 nitrogen and oxygen atoms in total. The normalized spacial score (nSPS) is 12.9. The lowest BCUT2D eigenvalue weighted by atomic mass is 10.1. The third kappa shape index (κ3) is 3.91. The van der Waals surface area contributed by atoms with Crippen LogP contribution in [0.3, 0.4) is 0 Å². The third-order valence-electron chi connectivity index (χ3n) is 5.01. The van der Waals surface area contributed by atoms with Crippen LogP contribution in [0, 0.1) is 13.8 Å². The van der Waals surface area contributed by atoms with E-state index in [2.05, 4.69) is 15.3 Å². The number of hydrogen-bond donors (Lipinski definition) is 2. The molecule has 0 fully saturated rings. The number of hydrogen-bond acceptors (Lipinski definition) is 8. The SMILES string of the molecule is CCOC(=O)c1c(NC(=O)CSc2nc3sc4c(c3c(=O)[nH]2)CCC4)sc(C)c1C. The van der Waals surface area contributed by atoms with Gasteiger partial charge < -0.3 is 15.0 Å². The Morgan fingerprint density at radius 3 is 2.83 bits per heavy atom. The van der Waals surface area contributed by atoms with Crippen LogP contribution >= 0.6 is 34.4 Å². The number of aromatic nitrogens is 2. The zero-order chi connectivity index (χ0) is 21.4. The van der Waals surface area contributed by atoms with Gasteiger partial charge in [-0.2, -0.15) is 0 Å². The summed E-state index contributed by atoms with van der Waals surface area (Å²) >= 11 is 4.09. The van der Waals surface area contributed by atoms with Gasteiger partial charge in [0.05, 0.1) is 23.3 Å².